The summed E-state index contributed by atoms with van der Waals surface area (Å²) < 4.78 is 21.4. The van der Waals surface area contributed by atoms with E-state index in [4.69, 9.17) is 9.84 Å². The van der Waals surface area contributed by atoms with E-state index in [0.717, 1.165) is 47.3 Å². The summed E-state index contributed by atoms with van der Waals surface area (Å²) in [5.74, 6) is 0.112. The Morgan fingerprint density at radius 2 is 1.91 bits per heavy atom. The lowest BCUT2D eigenvalue weighted by Gasteiger charge is -2.45. The van der Waals surface area contributed by atoms with Gasteiger partial charge < -0.3 is 9.64 Å². The Bertz CT molecular complexity index is 1430. The van der Waals surface area contributed by atoms with Crippen LogP contribution in [0.1, 0.15) is 46.9 Å². The summed E-state index contributed by atoms with van der Waals surface area (Å²) in [4.78, 5) is 24.4. The number of ether oxygens (including phenoxy) is 1. The predicted octanol–water partition coefficient (Wildman–Crippen LogP) is 4.47. The van der Waals surface area contributed by atoms with Gasteiger partial charge in [0.2, 0.25) is 0 Å². The van der Waals surface area contributed by atoms with E-state index in [1.807, 2.05) is 40.9 Å². The maximum Gasteiger partial charge on any atom is 0.254 e. The molecule has 2 atom stereocenters. The summed E-state index contributed by atoms with van der Waals surface area (Å²) in [7, 11) is 3.41. The van der Waals surface area contributed by atoms with Gasteiger partial charge >= 0.3 is 0 Å². The van der Waals surface area contributed by atoms with Gasteiger partial charge in [0.05, 0.1) is 35.6 Å². The number of aromatic nitrogens is 4. The molecule has 2 aliphatic heterocycles. The lowest BCUT2D eigenvalue weighted by Crippen LogP contribution is -2.49. The molecule has 2 aromatic carbocycles. The molecule has 2 bridgehead atoms. The molecule has 7 nitrogen and oxygen atoms in total. The van der Waals surface area contributed by atoms with E-state index in [9.17, 15) is 9.18 Å². The molecule has 1 amide bonds. The first-order chi connectivity index (χ1) is 16.5. The molecule has 0 N–H and O–H groups in total. The van der Waals surface area contributed by atoms with Crippen molar-refractivity contribution in [3.05, 3.63) is 71.4 Å². The van der Waals surface area contributed by atoms with Crippen LogP contribution >= 0.6 is 0 Å². The van der Waals surface area contributed by atoms with Crippen LogP contribution in [0.5, 0.6) is 5.75 Å². The number of nitrogens with zero attached hydrogens (tertiary/aromatic N) is 5. The molecule has 0 aliphatic carbocycles. The first-order valence-electron chi connectivity index (χ1n) is 11.5. The number of halogens is 1. The summed E-state index contributed by atoms with van der Waals surface area (Å²) >= 11 is 0. The topological polar surface area (TPSA) is 73.1 Å². The number of methoxy groups -OCH3 is 1. The van der Waals surface area contributed by atoms with Crippen molar-refractivity contribution in [1.82, 2.24) is 24.6 Å². The van der Waals surface area contributed by atoms with Crippen molar-refractivity contribution in [3.63, 3.8) is 0 Å². The van der Waals surface area contributed by atoms with Crippen LogP contribution in [-0.4, -0.2) is 43.7 Å². The zero-order chi connectivity index (χ0) is 23.4. The number of fused-ring (bicyclic) bond motifs is 5. The highest BCUT2D eigenvalue weighted by Gasteiger charge is 2.43. The molecular weight excluding hydrogens is 433 g/mol. The van der Waals surface area contributed by atoms with E-state index in [0.29, 0.717) is 23.3 Å². The van der Waals surface area contributed by atoms with Crippen molar-refractivity contribution >= 4 is 16.9 Å². The Kier molecular flexibility index (Phi) is 4.83. The largest absolute Gasteiger partial charge is 0.497 e. The highest BCUT2D eigenvalue weighted by molar-refractivity contribution is 5.98. The lowest BCUT2D eigenvalue weighted by atomic mass is 9.81. The minimum Gasteiger partial charge on any atom is -0.497 e. The summed E-state index contributed by atoms with van der Waals surface area (Å²) in [5.41, 5.74) is 5.71. The highest BCUT2D eigenvalue weighted by atomic mass is 19.1. The van der Waals surface area contributed by atoms with Gasteiger partial charge in [0.15, 0.2) is 0 Å². The Balaban J connectivity index is 1.42. The van der Waals surface area contributed by atoms with Gasteiger partial charge in [0.1, 0.15) is 11.6 Å². The standard InChI is InChI=1S/C26H24FN5O2/c1-31-25(16-10-17(27)13-19(11-16)34-2)20-14-18-4-3-5-23(24(20)30-31)32(18)26(33)15-6-7-21-22(12-15)29-9-8-28-21/h6-13,18,23H,3-5,14H2,1-2H3/t18-,23+/m1/s1. The minimum atomic E-state index is -0.350. The Morgan fingerprint density at radius 3 is 2.74 bits per heavy atom. The van der Waals surface area contributed by atoms with Crippen LogP contribution in [0, 0.1) is 5.82 Å². The maximum absolute atomic E-state index is 14.3. The quantitative estimate of drug-likeness (QED) is 0.454. The molecule has 4 aromatic rings. The van der Waals surface area contributed by atoms with Gasteiger partial charge in [0.25, 0.3) is 5.91 Å². The first-order valence-corrected chi connectivity index (χ1v) is 11.5. The molecule has 0 unspecified atom stereocenters. The summed E-state index contributed by atoms with van der Waals surface area (Å²) in [5, 5.41) is 4.85. The molecule has 34 heavy (non-hydrogen) atoms. The molecule has 4 heterocycles. The molecule has 8 heteroatoms. The van der Waals surface area contributed by atoms with Crippen molar-refractivity contribution in [2.75, 3.05) is 7.11 Å². The second kappa shape index (κ2) is 7.90. The molecular formula is C26H24FN5O2. The Labute approximate surface area is 196 Å². The van der Waals surface area contributed by atoms with E-state index >= 15 is 0 Å². The van der Waals surface area contributed by atoms with Crippen LogP contribution in [0.2, 0.25) is 0 Å². The number of hydrogen-bond acceptors (Lipinski definition) is 5. The zero-order valence-corrected chi connectivity index (χ0v) is 19.0. The monoisotopic (exact) mass is 457 g/mol. The highest BCUT2D eigenvalue weighted by Crippen LogP contribution is 2.45. The molecule has 0 spiro atoms. The van der Waals surface area contributed by atoms with Crippen LogP contribution in [0.3, 0.4) is 0 Å². The van der Waals surface area contributed by atoms with E-state index < -0.39 is 0 Å². The summed E-state index contributed by atoms with van der Waals surface area (Å²) in [6, 6.07) is 10.2. The van der Waals surface area contributed by atoms with Crippen LogP contribution in [0.25, 0.3) is 22.3 Å². The van der Waals surface area contributed by atoms with Crippen LogP contribution in [0.15, 0.2) is 48.8 Å². The number of amides is 1. The predicted molar refractivity (Wildman–Crippen MR) is 125 cm³/mol. The van der Waals surface area contributed by atoms with Crippen LogP contribution in [-0.2, 0) is 13.5 Å². The second-order valence-corrected chi connectivity index (χ2v) is 8.99. The van der Waals surface area contributed by atoms with Gasteiger partial charge in [0, 0.05) is 48.2 Å². The third-order valence-corrected chi connectivity index (χ3v) is 7.01. The molecule has 2 aliphatic rings. The van der Waals surface area contributed by atoms with E-state index in [2.05, 4.69) is 9.97 Å². The fourth-order valence-electron chi connectivity index (χ4n) is 5.57. The molecule has 6 rings (SSSR count). The van der Waals surface area contributed by atoms with E-state index in [-0.39, 0.29) is 23.8 Å². The fraction of sp³-hybridized carbons (Fsp3) is 0.308. The number of hydrogen-bond donors (Lipinski definition) is 0. The van der Waals surface area contributed by atoms with Gasteiger partial charge in [-0.3, -0.25) is 19.4 Å². The number of aryl methyl sites for hydroxylation is 1. The van der Waals surface area contributed by atoms with Crippen molar-refractivity contribution in [3.8, 4) is 17.0 Å². The molecule has 1 fully saturated rings. The minimum absolute atomic E-state index is 0.00692. The zero-order valence-electron chi connectivity index (χ0n) is 19.0. The van der Waals surface area contributed by atoms with Crippen molar-refractivity contribution in [1.29, 1.82) is 0 Å². The first kappa shape index (κ1) is 20.8. The van der Waals surface area contributed by atoms with Gasteiger partial charge in [-0.1, -0.05) is 0 Å². The SMILES string of the molecule is COc1cc(F)cc(-c2c3c(nn2C)[C@@H]2CCC[C@H](C3)N2C(=O)c2ccc3nccnc3c2)c1. The molecule has 1 saturated heterocycles. The average Bonchev–Trinajstić information content (AvgIpc) is 3.18. The van der Waals surface area contributed by atoms with Gasteiger partial charge in [-0.15, -0.1) is 0 Å². The smallest absolute Gasteiger partial charge is 0.254 e. The molecule has 2 aromatic heterocycles. The van der Waals surface area contributed by atoms with Crippen molar-refractivity contribution in [2.24, 2.45) is 7.05 Å². The van der Waals surface area contributed by atoms with E-state index in [1.54, 1.807) is 12.4 Å². The summed E-state index contributed by atoms with van der Waals surface area (Å²) in [6.45, 7) is 0. The average molecular weight is 458 g/mol. The van der Waals surface area contributed by atoms with Gasteiger partial charge in [-0.25, -0.2) is 4.39 Å². The molecule has 0 radical (unpaired) electrons. The van der Waals surface area contributed by atoms with E-state index in [1.165, 1.54) is 19.2 Å². The molecule has 172 valence electrons. The van der Waals surface area contributed by atoms with Crippen molar-refractivity contribution in [2.45, 2.75) is 37.8 Å². The number of piperidine rings is 1. The van der Waals surface area contributed by atoms with Crippen LogP contribution in [0.4, 0.5) is 4.39 Å². The third-order valence-electron chi connectivity index (χ3n) is 7.01. The maximum atomic E-state index is 14.3. The normalized spacial score (nSPS) is 19.2. The number of carbonyl (C=O) groups is 1. The number of carbonyl (C=O) groups excluding carboxylic acids is 1. The number of rotatable bonds is 3. The van der Waals surface area contributed by atoms with Gasteiger partial charge in [-0.05, 0) is 56.0 Å². The molecule has 0 saturated carbocycles. The number of benzene rings is 2. The van der Waals surface area contributed by atoms with Crippen molar-refractivity contribution < 1.29 is 13.9 Å². The lowest BCUT2D eigenvalue weighted by molar-refractivity contribution is 0.0392. The Morgan fingerprint density at radius 1 is 1.09 bits per heavy atom. The Hall–Kier alpha value is -3.81. The van der Waals surface area contributed by atoms with Gasteiger partial charge in [-0.2, -0.15) is 5.10 Å². The summed E-state index contributed by atoms with van der Waals surface area (Å²) in [6.07, 6.45) is 6.79. The third kappa shape index (κ3) is 3.24. The fourth-order valence-corrected chi connectivity index (χ4v) is 5.57. The van der Waals surface area contributed by atoms with Crippen LogP contribution < -0.4 is 4.74 Å². The second-order valence-electron chi connectivity index (χ2n) is 8.99.